The number of guanidine groups is 1. The second-order valence-corrected chi connectivity index (χ2v) is 7.20. The predicted molar refractivity (Wildman–Crippen MR) is 96.2 cm³/mol. The zero-order chi connectivity index (χ0) is 18.7. The number of aliphatic hydroxyl groups is 1. The number of hydrogen-bond acceptors (Lipinski definition) is 5. The molecule has 0 bridgehead atoms. The molecule has 2 aliphatic heterocycles. The summed E-state index contributed by atoms with van der Waals surface area (Å²) in [5.74, 6) is 1.06. The smallest absolute Gasteiger partial charge is 0.208 e. The quantitative estimate of drug-likeness (QED) is 0.346. The van der Waals surface area contributed by atoms with Gasteiger partial charge in [0.15, 0.2) is 6.19 Å². The predicted octanol–water partition coefficient (Wildman–Crippen LogP) is 2.04. The van der Waals surface area contributed by atoms with E-state index in [1.54, 1.807) is 32.0 Å². The van der Waals surface area contributed by atoms with Crippen molar-refractivity contribution in [3.05, 3.63) is 29.3 Å². The number of rotatable bonds is 1. The summed E-state index contributed by atoms with van der Waals surface area (Å²) in [6, 6.07) is 6.61. The molecule has 0 aromatic heterocycles. The van der Waals surface area contributed by atoms with Crippen LogP contribution in [0.15, 0.2) is 23.2 Å². The lowest BCUT2D eigenvalue weighted by atomic mass is 9.86. The van der Waals surface area contributed by atoms with Crippen LogP contribution in [-0.2, 0) is 0 Å². The molecule has 2 heterocycles. The molecule has 7 heteroatoms. The van der Waals surface area contributed by atoms with Gasteiger partial charge in [-0.2, -0.15) is 10.5 Å². The summed E-state index contributed by atoms with van der Waals surface area (Å²) >= 11 is 0. The zero-order valence-corrected chi connectivity index (χ0v) is 15.1. The molecular formula is C19H23N5O2. The van der Waals surface area contributed by atoms with Crippen LogP contribution in [0.1, 0.15) is 50.3 Å². The van der Waals surface area contributed by atoms with Crippen LogP contribution in [0.4, 0.5) is 0 Å². The third kappa shape index (κ3) is 3.44. The summed E-state index contributed by atoms with van der Waals surface area (Å²) in [5.41, 5.74) is 0.298. The SMILES string of the molecule is CC1(C)Oc2ccc(C#N)cc2C(N=C(NC#N)N2CCCCC2)C1O. The van der Waals surface area contributed by atoms with E-state index in [0.29, 0.717) is 22.8 Å². The van der Waals surface area contributed by atoms with E-state index in [1.165, 1.54) is 0 Å². The molecule has 1 aromatic carbocycles. The van der Waals surface area contributed by atoms with Crippen LogP contribution in [0.3, 0.4) is 0 Å². The Kier molecular flexibility index (Phi) is 5.01. The largest absolute Gasteiger partial charge is 0.485 e. The van der Waals surface area contributed by atoms with Crippen molar-refractivity contribution in [3.8, 4) is 18.0 Å². The highest BCUT2D eigenvalue weighted by molar-refractivity contribution is 5.82. The Morgan fingerprint density at radius 3 is 2.69 bits per heavy atom. The van der Waals surface area contributed by atoms with Gasteiger partial charge in [0.25, 0.3) is 0 Å². The van der Waals surface area contributed by atoms with Crippen LogP contribution in [-0.4, -0.2) is 40.8 Å². The van der Waals surface area contributed by atoms with Crippen LogP contribution >= 0.6 is 0 Å². The molecule has 1 aromatic rings. The Morgan fingerprint density at radius 1 is 1.31 bits per heavy atom. The molecule has 2 aliphatic rings. The van der Waals surface area contributed by atoms with Gasteiger partial charge in [0, 0.05) is 18.7 Å². The number of nitriles is 2. The Balaban J connectivity index is 2.05. The van der Waals surface area contributed by atoms with Gasteiger partial charge < -0.3 is 14.7 Å². The molecule has 0 spiro atoms. The number of benzene rings is 1. The Labute approximate surface area is 153 Å². The minimum atomic E-state index is -0.913. The summed E-state index contributed by atoms with van der Waals surface area (Å²) in [4.78, 5) is 6.75. The Hall–Kier alpha value is -2.77. The fraction of sp³-hybridized carbons (Fsp3) is 0.526. The van der Waals surface area contributed by atoms with E-state index in [1.807, 2.05) is 11.1 Å². The first kappa shape index (κ1) is 18.0. The lowest BCUT2D eigenvalue weighted by Crippen LogP contribution is -2.50. The van der Waals surface area contributed by atoms with Crippen molar-refractivity contribution < 1.29 is 9.84 Å². The topological polar surface area (TPSA) is 105 Å². The van der Waals surface area contributed by atoms with E-state index in [2.05, 4.69) is 11.4 Å². The molecule has 0 saturated carbocycles. The van der Waals surface area contributed by atoms with Crippen LogP contribution < -0.4 is 10.1 Å². The first-order valence-corrected chi connectivity index (χ1v) is 8.85. The highest BCUT2D eigenvalue weighted by Crippen LogP contribution is 2.42. The summed E-state index contributed by atoms with van der Waals surface area (Å²) < 4.78 is 5.92. The van der Waals surface area contributed by atoms with Gasteiger partial charge >= 0.3 is 0 Å². The second kappa shape index (κ2) is 7.23. The molecular weight excluding hydrogens is 330 g/mol. The van der Waals surface area contributed by atoms with Gasteiger partial charge in [-0.3, -0.25) is 5.32 Å². The van der Waals surface area contributed by atoms with E-state index in [-0.39, 0.29) is 0 Å². The Bertz CT molecular complexity index is 784. The number of hydrogen-bond donors (Lipinski definition) is 2. The second-order valence-electron chi connectivity index (χ2n) is 7.20. The van der Waals surface area contributed by atoms with E-state index < -0.39 is 17.7 Å². The van der Waals surface area contributed by atoms with Gasteiger partial charge in [-0.1, -0.05) is 0 Å². The first-order valence-electron chi connectivity index (χ1n) is 8.85. The molecule has 1 saturated heterocycles. The number of nitrogens with zero attached hydrogens (tertiary/aromatic N) is 4. The van der Waals surface area contributed by atoms with Crippen molar-refractivity contribution in [1.82, 2.24) is 10.2 Å². The molecule has 2 atom stereocenters. The Morgan fingerprint density at radius 2 is 2.04 bits per heavy atom. The third-order valence-corrected chi connectivity index (χ3v) is 4.93. The maximum absolute atomic E-state index is 10.9. The standard InChI is InChI=1S/C19H23N5O2/c1-19(2)17(25)16(14-10-13(11-20)6-7-15(14)26-19)23-18(22-12-21)24-8-4-3-5-9-24/h6-7,10,16-17,25H,3-5,8-9H2,1-2H3,(H,22,23). The normalized spacial score (nSPS) is 24.7. The van der Waals surface area contributed by atoms with Crippen LogP contribution in [0.25, 0.3) is 0 Å². The van der Waals surface area contributed by atoms with Gasteiger partial charge in [-0.05, 0) is 51.3 Å². The number of aliphatic imine (C=N–C) groups is 1. The average molecular weight is 353 g/mol. The molecule has 26 heavy (non-hydrogen) atoms. The van der Waals surface area contributed by atoms with E-state index >= 15 is 0 Å². The van der Waals surface area contributed by atoms with E-state index in [0.717, 1.165) is 32.4 Å². The summed E-state index contributed by atoms with van der Waals surface area (Å²) in [5, 5.41) is 31.9. The number of fused-ring (bicyclic) bond motifs is 1. The average Bonchev–Trinajstić information content (AvgIpc) is 2.65. The van der Waals surface area contributed by atoms with Gasteiger partial charge in [0.05, 0.1) is 11.6 Å². The van der Waals surface area contributed by atoms with Crippen molar-refractivity contribution in [2.24, 2.45) is 4.99 Å². The van der Waals surface area contributed by atoms with Gasteiger partial charge in [-0.25, -0.2) is 4.99 Å². The molecule has 1 fully saturated rings. The zero-order valence-electron chi connectivity index (χ0n) is 15.1. The van der Waals surface area contributed by atoms with Gasteiger partial charge in [0.1, 0.15) is 23.5 Å². The van der Waals surface area contributed by atoms with Crippen LogP contribution in [0.5, 0.6) is 5.75 Å². The lowest BCUT2D eigenvalue weighted by Gasteiger charge is -2.41. The maximum Gasteiger partial charge on any atom is 0.208 e. The number of aliphatic hydroxyl groups excluding tert-OH is 1. The molecule has 0 amide bonds. The molecule has 2 N–H and O–H groups in total. The number of ether oxygens (including phenoxy) is 1. The minimum Gasteiger partial charge on any atom is -0.485 e. The maximum atomic E-state index is 10.9. The molecule has 3 rings (SSSR count). The number of nitrogens with one attached hydrogen (secondary N) is 1. The molecule has 0 radical (unpaired) electrons. The molecule has 136 valence electrons. The first-order chi connectivity index (χ1) is 12.5. The summed E-state index contributed by atoms with van der Waals surface area (Å²) in [6.45, 7) is 5.25. The van der Waals surface area contributed by atoms with Crippen molar-refractivity contribution in [2.45, 2.75) is 50.9 Å². The van der Waals surface area contributed by atoms with E-state index in [4.69, 9.17) is 15.0 Å². The summed E-state index contributed by atoms with van der Waals surface area (Å²) in [7, 11) is 0. The van der Waals surface area contributed by atoms with Crippen molar-refractivity contribution in [2.75, 3.05) is 13.1 Å². The van der Waals surface area contributed by atoms with Crippen LogP contribution in [0, 0.1) is 22.8 Å². The van der Waals surface area contributed by atoms with E-state index in [9.17, 15) is 10.4 Å². The number of piperidine rings is 1. The minimum absolute atomic E-state index is 0.460. The van der Waals surface area contributed by atoms with Crippen molar-refractivity contribution in [3.63, 3.8) is 0 Å². The number of likely N-dealkylation sites (tertiary alicyclic amines) is 1. The monoisotopic (exact) mass is 353 g/mol. The van der Waals surface area contributed by atoms with Gasteiger partial charge in [0.2, 0.25) is 5.96 Å². The molecule has 2 unspecified atom stereocenters. The van der Waals surface area contributed by atoms with Crippen molar-refractivity contribution >= 4 is 5.96 Å². The van der Waals surface area contributed by atoms with Crippen molar-refractivity contribution in [1.29, 1.82) is 10.5 Å². The highest BCUT2D eigenvalue weighted by Gasteiger charge is 2.43. The molecule has 0 aliphatic carbocycles. The fourth-order valence-corrected chi connectivity index (χ4v) is 3.46. The summed E-state index contributed by atoms with van der Waals surface area (Å²) in [6.07, 6.45) is 4.29. The van der Waals surface area contributed by atoms with Gasteiger partial charge in [-0.15, -0.1) is 0 Å². The highest BCUT2D eigenvalue weighted by atomic mass is 16.5. The lowest BCUT2D eigenvalue weighted by molar-refractivity contribution is -0.0569. The fourth-order valence-electron chi connectivity index (χ4n) is 3.46. The van der Waals surface area contributed by atoms with Crippen LogP contribution in [0.2, 0.25) is 0 Å². The third-order valence-electron chi connectivity index (χ3n) is 4.93. The molecule has 7 nitrogen and oxygen atoms in total.